The van der Waals surface area contributed by atoms with E-state index in [9.17, 15) is 4.79 Å². The van der Waals surface area contributed by atoms with Crippen molar-refractivity contribution in [1.29, 1.82) is 0 Å². The summed E-state index contributed by atoms with van der Waals surface area (Å²) in [5.41, 5.74) is 1.87. The number of nitrogens with one attached hydrogen (secondary N) is 2. The van der Waals surface area contributed by atoms with Crippen LogP contribution < -0.4 is 10.1 Å². The standard InChI is InChI=1S/C15H15N5O2/c1-20-12(10-3-5-11(22-2)6-4-10)9-18-15(20)19-14(21)13-16-7-8-17-13/h3-9H,1-2H3,(H,16,17)(H,18,19,21). The van der Waals surface area contributed by atoms with Gasteiger partial charge in [-0.1, -0.05) is 0 Å². The van der Waals surface area contributed by atoms with Gasteiger partial charge in [0.25, 0.3) is 5.91 Å². The number of H-pyrrole nitrogens is 1. The minimum absolute atomic E-state index is 0.244. The van der Waals surface area contributed by atoms with E-state index in [0.717, 1.165) is 17.0 Å². The van der Waals surface area contributed by atoms with Crippen molar-refractivity contribution in [3.8, 4) is 17.0 Å². The molecule has 0 saturated carbocycles. The van der Waals surface area contributed by atoms with E-state index in [0.29, 0.717) is 5.95 Å². The lowest BCUT2D eigenvalue weighted by molar-refractivity contribution is 0.101. The predicted molar refractivity (Wildman–Crippen MR) is 81.7 cm³/mol. The maximum atomic E-state index is 12.0. The van der Waals surface area contributed by atoms with Crippen molar-refractivity contribution in [3.63, 3.8) is 0 Å². The van der Waals surface area contributed by atoms with Gasteiger partial charge >= 0.3 is 0 Å². The van der Waals surface area contributed by atoms with Crippen LogP contribution in [0.5, 0.6) is 5.75 Å². The van der Waals surface area contributed by atoms with Crippen LogP contribution in [0, 0.1) is 0 Å². The number of benzene rings is 1. The van der Waals surface area contributed by atoms with Crippen LogP contribution in [0.1, 0.15) is 10.6 Å². The Morgan fingerprint density at radius 1 is 1.27 bits per heavy atom. The van der Waals surface area contributed by atoms with E-state index in [1.165, 1.54) is 6.20 Å². The first kappa shape index (κ1) is 13.9. The first-order chi connectivity index (χ1) is 10.7. The fraction of sp³-hybridized carbons (Fsp3) is 0.133. The van der Waals surface area contributed by atoms with Gasteiger partial charge in [0.2, 0.25) is 5.95 Å². The summed E-state index contributed by atoms with van der Waals surface area (Å²) in [6.45, 7) is 0. The zero-order chi connectivity index (χ0) is 15.5. The number of nitrogens with zero attached hydrogens (tertiary/aromatic N) is 3. The monoisotopic (exact) mass is 297 g/mol. The fourth-order valence-electron chi connectivity index (χ4n) is 2.11. The summed E-state index contributed by atoms with van der Waals surface area (Å²) in [5, 5.41) is 2.72. The van der Waals surface area contributed by atoms with Gasteiger partial charge in [0.05, 0.1) is 19.0 Å². The molecule has 2 N–H and O–H groups in total. The average molecular weight is 297 g/mol. The van der Waals surface area contributed by atoms with Gasteiger partial charge in [-0.15, -0.1) is 0 Å². The number of carbonyl (C=O) groups excluding carboxylic acids is 1. The van der Waals surface area contributed by atoms with E-state index in [4.69, 9.17) is 4.74 Å². The van der Waals surface area contributed by atoms with Gasteiger partial charge < -0.3 is 14.3 Å². The highest BCUT2D eigenvalue weighted by molar-refractivity contribution is 6.00. The molecule has 2 heterocycles. The molecule has 0 atom stereocenters. The minimum atomic E-state index is -0.333. The normalized spacial score (nSPS) is 10.5. The highest BCUT2D eigenvalue weighted by Gasteiger charge is 2.14. The van der Waals surface area contributed by atoms with E-state index in [1.54, 1.807) is 19.5 Å². The van der Waals surface area contributed by atoms with Crippen LogP contribution in [0.3, 0.4) is 0 Å². The van der Waals surface area contributed by atoms with Crippen molar-refractivity contribution in [3.05, 3.63) is 48.7 Å². The van der Waals surface area contributed by atoms with Crippen LogP contribution in [0.2, 0.25) is 0 Å². The molecule has 0 unspecified atom stereocenters. The molecule has 0 aliphatic heterocycles. The molecular formula is C15H15N5O2. The van der Waals surface area contributed by atoms with E-state index >= 15 is 0 Å². The maximum Gasteiger partial charge on any atom is 0.293 e. The Morgan fingerprint density at radius 2 is 2.05 bits per heavy atom. The molecule has 1 aromatic carbocycles. The summed E-state index contributed by atoms with van der Waals surface area (Å²) in [6, 6.07) is 7.63. The number of anilines is 1. The number of hydrogen-bond acceptors (Lipinski definition) is 4. The number of imidazole rings is 2. The molecule has 3 rings (SSSR count). The molecular weight excluding hydrogens is 282 g/mol. The van der Waals surface area contributed by atoms with Crippen LogP contribution in [-0.2, 0) is 7.05 Å². The molecule has 0 aliphatic carbocycles. The predicted octanol–water partition coefficient (Wildman–Crippen LogP) is 2.07. The Kier molecular flexibility index (Phi) is 3.61. The summed E-state index contributed by atoms with van der Waals surface area (Å²) < 4.78 is 6.95. The Balaban J connectivity index is 1.83. The van der Waals surface area contributed by atoms with Gasteiger partial charge in [-0.25, -0.2) is 9.97 Å². The van der Waals surface area contributed by atoms with Crippen molar-refractivity contribution in [2.75, 3.05) is 12.4 Å². The maximum absolute atomic E-state index is 12.0. The molecule has 7 nitrogen and oxygen atoms in total. The molecule has 0 radical (unpaired) electrons. The number of methoxy groups -OCH3 is 1. The average Bonchev–Trinajstić information content (AvgIpc) is 3.19. The van der Waals surface area contributed by atoms with Gasteiger partial charge in [0.1, 0.15) is 5.75 Å². The van der Waals surface area contributed by atoms with E-state index in [1.807, 2.05) is 35.9 Å². The van der Waals surface area contributed by atoms with Gasteiger partial charge in [0.15, 0.2) is 5.82 Å². The molecule has 1 amide bonds. The van der Waals surface area contributed by atoms with Crippen LogP contribution in [0.4, 0.5) is 5.95 Å². The second kappa shape index (κ2) is 5.72. The van der Waals surface area contributed by atoms with Crippen molar-refractivity contribution < 1.29 is 9.53 Å². The van der Waals surface area contributed by atoms with Gasteiger partial charge in [-0.2, -0.15) is 0 Å². The SMILES string of the molecule is COc1ccc(-c2cnc(NC(=O)c3ncc[nH]3)n2C)cc1. The number of aromatic nitrogens is 4. The molecule has 22 heavy (non-hydrogen) atoms. The van der Waals surface area contributed by atoms with Gasteiger partial charge in [-0.3, -0.25) is 10.1 Å². The molecule has 7 heteroatoms. The quantitative estimate of drug-likeness (QED) is 0.772. The van der Waals surface area contributed by atoms with Crippen molar-refractivity contribution in [2.24, 2.45) is 7.05 Å². The number of rotatable bonds is 4. The molecule has 0 fully saturated rings. The highest BCUT2D eigenvalue weighted by atomic mass is 16.5. The third-order valence-electron chi connectivity index (χ3n) is 3.31. The summed E-state index contributed by atoms with van der Waals surface area (Å²) >= 11 is 0. The first-order valence-corrected chi connectivity index (χ1v) is 6.66. The third-order valence-corrected chi connectivity index (χ3v) is 3.31. The second-order valence-electron chi connectivity index (χ2n) is 4.65. The Morgan fingerprint density at radius 3 is 2.68 bits per heavy atom. The molecule has 0 aliphatic rings. The van der Waals surface area contributed by atoms with E-state index in [2.05, 4.69) is 20.3 Å². The lowest BCUT2D eigenvalue weighted by Gasteiger charge is -2.07. The summed E-state index contributed by atoms with van der Waals surface area (Å²) in [7, 11) is 3.46. The fourth-order valence-corrected chi connectivity index (χ4v) is 2.11. The lowest BCUT2D eigenvalue weighted by Crippen LogP contribution is -2.16. The van der Waals surface area contributed by atoms with Crippen LogP contribution in [0.25, 0.3) is 11.3 Å². The van der Waals surface area contributed by atoms with Crippen molar-refractivity contribution in [1.82, 2.24) is 19.5 Å². The Bertz CT molecular complexity index is 775. The summed E-state index contributed by atoms with van der Waals surface area (Å²) in [5.74, 6) is 1.15. The van der Waals surface area contributed by atoms with E-state index in [-0.39, 0.29) is 11.7 Å². The summed E-state index contributed by atoms with van der Waals surface area (Å²) in [6.07, 6.45) is 4.83. The van der Waals surface area contributed by atoms with Crippen molar-refractivity contribution in [2.45, 2.75) is 0 Å². The molecule has 112 valence electrons. The second-order valence-corrected chi connectivity index (χ2v) is 4.65. The zero-order valence-electron chi connectivity index (χ0n) is 12.2. The molecule has 2 aromatic heterocycles. The van der Waals surface area contributed by atoms with Crippen molar-refractivity contribution >= 4 is 11.9 Å². The number of ether oxygens (including phenoxy) is 1. The minimum Gasteiger partial charge on any atom is -0.497 e. The highest BCUT2D eigenvalue weighted by Crippen LogP contribution is 2.24. The number of hydrogen-bond donors (Lipinski definition) is 2. The van der Waals surface area contributed by atoms with Gasteiger partial charge in [-0.05, 0) is 24.3 Å². The molecule has 3 aromatic rings. The van der Waals surface area contributed by atoms with E-state index < -0.39 is 0 Å². The molecule has 0 spiro atoms. The number of amides is 1. The Hall–Kier alpha value is -3.09. The largest absolute Gasteiger partial charge is 0.497 e. The van der Waals surface area contributed by atoms with Crippen LogP contribution in [-0.4, -0.2) is 32.5 Å². The molecule has 0 saturated heterocycles. The van der Waals surface area contributed by atoms with Crippen LogP contribution in [0.15, 0.2) is 42.9 Å². The smallest absolute Gasteiger partial charge is 0.293 e. The molecule has 0 bridgehead atoms. The third kappa shape index (κ3) is 2.56. The topological polar surface area (TPSA) is 84.8 Å². The summed E-state index contributed by atoms with van der Waals surface area (Å²) in [4.78, 5) is 22.9. The van der Waals surface area contributed by atoms with Gasteiger partial charge in [0, 0.05) is 25.0 Å². The first-order valence-electron chi connectivity index (χ1n) is 6.66. The zero-order valence-corrected chi connectivity index (χ0v) is 12.2. The number of aromatic amines is 1. The number of carbonyl (C=O) groups is 1. The Labute approximate surface area is 127 Å². The van der Waals surface area contributed by atoms with Crippen LogP contribution >= 0.6 is 0 Å². The lowest BCUT2D eigenvalue weighted by atomic mass is 10.1.